The van der Waals surface area contributed by atoms with Gasteiger partial charge in [0.15, 0.2) is 0 Å². The molecule has 4 rings (SSSR count). The molecule has 0 aliphatic carbocycles. The van der Waals surface area contributed by atoms with E-state index in [1.54, 1.807) is 7.11 Å². The van der Waals surface area contributed by atoms with Crippen molar-refractivity contribution >= 4 is 10.8 Å². The normalized spacial score (nSPS) is 27.0. The number of ether oxygens (including phenoxy) is 3. The summed E-state index contributed by atoms with van der Waals surface area (Å²) in [5, 5.41) is 2.26. The van der Waals surface area contributed by atoms with E-state index in [2.05, 4.69) is 18.2 Å². The first-order valence-corrected chi connectivity index (χ1v) is 8.39. The van der Waals surface area contributed by atoms with Crippen LogP contribution in [0, 0.1) is 0 Å². The highest BCUT2D eigenvalue weighted by molar-refractivity contribution is 5.83. The molecule has 0 N–H and O–H groups in total. The molecule has 3 nitrogen and oxygen atoms in total. The molecule has 2 aromatic carbocycles. The summed E-state index contributed by atoms with van der Waals surface area (Å²) >= 11 is 0. The highest BCUT2D eigenvalue weighted by Gasteiger charge is 2.45. The van der Waals surface area contributed by atoms with Crippen LogP contribution < -0.4 is 0 Å². The van der Waals surface area contributed by atoms with Gasteiger partial charge in [0.1, 0.15) is 12.4 Å². The molecule has 24 heavy (non-hydrogen) atoms. The second kappa shape index (κ2) is 6.19. The van der Waals surface area contributed by atoms with E-state index in [0.717, 1.165) is 34.8 Å². The highest BCUT2D eigenvalue weighted by atomic mass is 19.1. The first-order chi connectivity index (χ1) is 11.8. The Kier molecular flexibility index (Phi) is 4.02. The molecule has 0 radical (unpaired) electrons. The van der Waals surface area contributed by atoms with Crippen molar-refractivity contribution in [1.29, 1.82) is 0 Å². The molecule has 2 atom stereocenters. The molecule has 1 fully saturated rings. The first-order valence-electron chi connectivity index (χ1n) is 8.39. The summed E-state index contributed by atoms with van der Waals surface area (Å²) in [6.07, 6.45) is 2.15. The summed E-state index contributed by atoms with van der Waals surface area (Å²) in [7, 11) is 1.61. The van der Waals surface area contributed by atoms with E-state index in [9.17, 15) is 4.39 Å². The lowest BCUT2D eigenvalue weighted by Gasteiger charge is -2.43. The molecular weight excluding hydrogens is 307 g/mol. The van der Waals surface area contributed by atoms with E-state index >= 15 is 0 Å². The van der Waals surface area contributed by atoms with E-state index < -0.39 is 12.5 Å². The van der Waals surface area contributed by atoms with Gasteiger partial charge in [0.25, 0.3) is 0 Å². The van der Waals surface area contributed by atoms with Crippen molar-refractivity contribution < 1.29 is 18.6 Å². The number of methoxy groups -OCH3 is 1. The molecular formula is C20H21FO3. The predicted molar refractivity (Wildman–Crippen MR) is 90.3 cm³/mol. The first kappa shape index (κ1) is 15.6. The van der Waals surface area contributed by atoms with Gasteiger partial charge in [0.2, 0.25) is 5.79 Å². The minimum atomic E-state index is -1.00. The van der Waals surface area contributed by atoms with Gasteiger partial charge in [-0.15, -0.1) is 0 Å². The number of hydrogen-bond acceptors (Lipinski definition) is 3. The van der Waals surface area contributed by atoms with E-state index in [-0.39, 0.29) is 6.10 Å². The lowest BCUT2D eigenvalue weighted by atomic mass is 9.87. The molecule has 126 valence electrons. The summed E-state index contributed by atoms with van der Waals surface area (Å²) in [5.41, 5.74) is 1.85. The lowest BCUT2D eigenvalue weighted by molar-refractivity contribution is -0.241. The fourth-order valence-corrected chi connectivity index (χ4v) is 3.76. The van der Waals surface area contributed by atoms with Gasteiger partial charge in [-0.2, -0.15) is 0 Å². The van der Waals surface area contributed by atoms with Gasteiger partial charge in [-0.3, -0.25) is 0 Å². The SMILES string of the molecule is CO[C@@]1(c2ccc3ccccc3c2)C[C@@H]2OCCCC2=C(CF)O1. The number of hydrogen-bond donors (Lipinski definition) is 0. The summed E-state index contributed by atoms with van der Waals surface area (Å²) < 4.78 is 31.4. The molecule has 0 saturated carbocycles. The topological polar surface area (TPSA) is 27.7 Å². The van der Waals surface area contributed by atoms with Gasteiger partial charge in [0.05, 0.1) is 6.10 Å². The maximum Gasteiger partial charge on any atom is 0.239 e. The third-order valence-electron chi connectivity index (χ3n) is 5.04. The number of benzene rings is 2. The smallest absolute Gasteiger partial charge is 0.239 e. The van der Waals surface area contributed by atoms with Crippen molar-refractivity contribution in [3.8, 4) is 0 Å². The van der Waals surface area contributed by atoms with Crippen LogP contribution in [0.3, 0.4) is 0 Å². The van der Waals surface area contributed by atoms with Crippen LogP contribution in [0.1, 0.15) is 24.8 Å². The zero-order chi connectivity index (χ0) is 16.6. The summed E-state index contributed by atoms with van der Waals surface area (Å²) in [6.45, 7) is 0.0686. The quantitative estimate of drug-likeness (QED) is 0.832. The molecule has 0 amide bonds. The minimum Gasteiger partial charge on any atom is -0.459 e. The highest BCUT2D eigenvalue weighted by Crippen LogP contribution is 2.44. The molecule has 2 aliphatic heterocycles. The Balaban J connectivity index is 1.79. The van der Waals surface area contributed by atoms with Crippen LogP contribution in [-0.4, -0.2) is 26.5 Å². The van der Waals surface area contributed by atoms with Crippen LogP contribution in [0.5, 0.6) is 0 Å². The van der Waals surface area contributed by atoms with Gasteiger partial charge >= 0.3 is 0 Å². The second-order valence-electron chi connectivity index (χ2n) is 6.37. The molecule has 0 spiro atoms. The van der Waals surface area contributed by atoms with E-state index in [4.69, 9.17) is 14.2 Å². The van der Waals surface area contributed by atoms with Crippen molar-refractivity contribution in [3.63, 3.8) is 0 Å². The van der Waals surface area contributed by atoms with Crippen molar-refractivity contribution in [2.45, 2.75) is 31.2 Å². The van der Waals surface area contributed by atoms with Gasteiger partial charge in [-0.25, -0.2) is 4.39 Å². The predicted octanol–water partition coefficient (Wildman–Crippen LogP) is 4.46. The minimum absolute atomic E-state index is 0.135. The molecule has 2 aliphatic rings. The molecule has 0 aromatic heterocycles. The molecule has 4 heteroatoms. The van der Waals surface area contributed by atoms with E-state index in [1.165, 1.54) is 0 Å². The second-order valence-corrected chi connectivity index (χ2v) is 6.37. The number of alkyl halides is 1. The Morgan fingerprint density at radius 2 is 2.04 bits per heavy atom. The largest absolute Gasteiger partial charge is 0.459 e. The Morgan fingerprint density at radius 1 is 1.21 bits per heavy atom. The van der Waals surface area contributed by atoms with Crippen LogP contribution >= 0.6 is 0 Å². The van der Waals surface area contributed by atoms with Crippen LogP contribution in [0.2, 0.25) is 0 Å². The zero-order valence-electron chi connectivity index (χ0n) is 13.8. The van der Waals surface area contributed by atoms with Crippen molar-refractivity contribution in [2.75, 3.05) is 20.4 Å². The third kappa shape index (κ3) is 2.50. The Hall–Kier alpha value is -1.91. The Morgan fingerprint density at radius 3 is 2.83 bits per heavy atom. The summed E-state index contributed by atoms with van der Waals surface area (Å²) in [5.74, 6) is -0.627. The van der Waals surface area contributed by atoms with E-state index in [1.807, 2.05) is 24.3 Å². The van der Waals surface area contributed by atoms with Gasteiger partial charge < -0.3 is 14.2 Å². The van der Waals surface area contributed by atoms with E-state index in [0.29, 0.717) is 18.8 Å². The fraction of sp³-hybridized carbons (Fsp3) is 0.400. The molecule has 2 heterocycles. The van der Waals surface area contributed by atoms with Gasteiger partial charge in [-0.05, 0) is 35.3 Å². The fourth-order valence-electron chi connectivity index (χ4n) is 3.76. The van der Waals surface area contributed by atoms with Crippen LogP contribution in [0.15, 0.2) is 53.8 Å². The number of halogens is 1. The molecule has 0 bridgehead atoms. The monoisotopic (exact) mass is 328 g/mol. The number of allylic oxidation sites excluding steroid dienone is 1. The summed E-state index contributed by atoms with van der Waals surface area (Å²) in [6, 6.07) is 14.2. The van der Waals surface area contributed by atoms with Crippen LogP contribution in [-0.2, 0) is 20.0 Å². The Bertz CT molecular complexity index is 785. The Labute approximate surface area is 141 Å². The molecule has 0 unspecified atom stereocenters. The summed E-state index contributed by atoms with van der Waals surface area (Å²) in [4.78, 5) is 0. The average molecular weight is 328 g/mol. The maximum absolute atomic E-state index is 13.6. The maximum atomic E-state index is 13.6. The average Bonchev–Trinajstić information content (AvgIpc) is 2.66. The van der Waals surface area contributed by atoms with Crippen molar-refractivity contribution in [2.24, 2.45) is 0 Å². The molecule has 1 saturated heterocycles. The van der Waals surface area contributed by atoms with Gasteiger partial charge in [0, 0.05) is 25.7 Å². The zero-order valence-corrected chi connectivity index (χ0v) is 13.8. The molecule has 2 aromatic rings. The lowest BCUT2D eigenvalue weighted by Crippen LogP contribution is -2.43. The number of fused-ring (bicyclic) bond motifs is 2. The van der Waals surface area contributed by atoms with Crippen molar-refractivity contribution in [1.82, 2.24) is 0 Å². The van der Waals surface area contributed by atoms with Gasteiger partial charge in [-0.1, -0.05) is 36.4 Å². The van der Waals surface area contributed by atoms with Crippen LogP contribution in [0.4, 0.5) is 4.39 Å². The number of rotatable bonds is 3. The third-order valence-corrected chi connectivity index (χ3v) is 5.04. The van der Waals surface area contributed by atoms with Crippen LogP contribution in [0.25, 0.3) is 10.8 Å². The standard InChI is InChI=1S/C20H21FO3/c1-22-20(16-9-8-14-5-2-3-6-15(14)11-16)12-18-17(7-4-10-23-18)19(13-21)24-20/h2-3,5-6,8-9,11,18H,4,7,10,12-13H2,1H3/t18-,20-/m0/s1. The van der Waals surface area contributed by atoms with Crippen molar-refractivity contribution in [3.05, 3.63) is 59.4 Å².